The van der Waals surface area contributed by atoms with Crippen molar-refractivity contribution in [2.75, 3.05) is 0 Å². The number of hydrogen-bond donors (Lipinski definition) is 0. The highest BCUT2D eigenvalue weighted by Gasteiger charge is 2.31. The van der Waals surface area contributed by atoms with Crippen molar-refractivity contribution in [2.45, 2.75) is 31.7 Å². The van der Waals surface area contributed by atoms with E-state index in [1.807, 2.05) is 6.21 Å². The largest absolute Gasteiger partial charge is 0.283 e. The minimum Gasteiger partial charge on any atom is -0.283 e. The molecule has 1 fully saturated rings. The smallest absolute Gasteiger partial charge is 0.0895 e. The lowest BCUT2D eigenvalue weighted by molar-refractivity contribution is 0.541. The van der Waals surface area contributed by atoms with Crippen LogP contribution in [0.5, 0.6) is 0 Å². The van der Waals surface area contributed by atoms with Crippen LogP contribution in [0.15, 0.2) is 39.8 Å². The normalized spacial score (nSPS) is 25.2. The molecule has 1 aromatic carbocycles. The van der Waals surface area contributed by atoms with Crippen LogP contribution < -0.4 is 0 Å². The minimum absolute atomic E-state index is 0.434. The first-order valence-corrected chi connectivity index (χ1v) is 6.38. The summed E-state index contributed by atoms with van der Waals surface area (Å²) >= 11 is 0. The van der Waals surface area contributed by atoms with E-state index >= 15 is 0 Å². The second kappa shape index (κ2) is 3.39. The van der Waals surface area contributed by atoms with Crippen LogP contribution in [0, 0.1) is 0 Å². The molecule has 2 aliphatic heterocycles. The summed E-state index contributed by atoms with van der Waals surface area (Å²) in [4.78, 5) is 9.34. The fourth-order valence-corrected chi connectivity index (χ4v) is 3.15. The van der Waals surface area contributed by atoms with E-state index in [0.717, 1.165) is 11.4 Å². The highest BCUT2D eigenvalue weighted by atomic mass is 14.9. The monoisotopic (exact) mass is 222 g/mol. The first-order valence-electron chi connectivity index (χ1n) is 6.38. The number of aliphatic imine (C=N–C) groups is 2. The molecule has 1 aromatic rings. The van der Waals surface area contributed by atoms with Gasteiger partial charge in [0.05, 0.1) is 17.4 Å². The number of nitrogens with zero attached hydrogens (tertiary/aromatic N) is 2. The van der Waals surface area contributed by atoms with Crippen LogP contribution in [0.2, 0.25) is 0 Å². The summed E-state index contributed by atoms with van der Waals surface area (Å²) in [6.45, 7) is 0. The molecule has 17 heavy (non-hydrogen) atoms. The predicted octanol–water partition coefficient (Wildman–Crippen LogP) is 3.55. The molecule has 2 nitrogen and oxygen atoms in total. The number of rotatable bonds is 0. The lowest BCUT2D eigenvalue weighted by atomic mass is 9.82. The van der Waals surface area contributed by atoms with Gasteiger partial charge in [-0.15, -0.1) is 0 Å². The van der Waals surface area contributed by atoms with Gasteiger partial charge in [0, 0.05) is 17.4 Å². The van der Waals surface area contributed by atoms with Crippen molar-refractivity contribution in [3.63, 3.8) is 0 Å². The molecule has 2 heteroatoms. The SMILES string of the molecule is C1=NC2CCCCC2=C2C1=Nc1ccccc12. The summed E-state index contributed by atoms with van der Waals surface area (Å²) in [7, 11) is 0. The van der Waals surface area contributed by atoms with Crippen molar-refractivity contribution in [1.82, 2.24) is 0 Å². The molecule has 1 saturated carbocycles. The first-order chi connectivity index (χ1) is 8.43. The minimum atomic E-state index is 0.434. The number of dihydropyridines is 1. The van der Waals surface area contributed by atoms with Crippen LogP contribution in [-0.2, 0) is 0 Å². The maximum absolute atomic E-state index is 4.67. The van der Waals surface area contributed by atoms with Crippen molar-refractivity contribution in [3.05, 3.63) is 35.4 Å². The van der Waals surface area contributed by atoms with E-state index in [0.29, 0.717) is 6.04 Å². The second-order valence-corrected chi connectivity index (χ2v) is 4.95. The van der Waals surface area contributed by atoms with Gasteiger partial charge in [0.15, 0.2) is 0 Å². The molecular formula is C15H14N2. The zero-order valence-corrected chi connectivity index (χ0v) is 9.69. The summed E-state index contributed by atoms with van der Waals surface area (Å²) in [5, 5.41) is 0. The topological polar surface area (TPSA) is 24.7 Å². The lowest BCUT2D eigenvalue weighted by Gasteiger charge is -2.27. The van der Waals surface area contributed by atoms with Crippen LogP contribution in [0.1, 0.15) is 31.2 Å². The van der Waals surface area contributed by atoms with Gasteiger partial charge in [-0.25, -0.2) is 4.99 Å². The highest BCUT2D eigenvalue weighted by molar-refractivity contribution is 6.54. The van der Waals surface area contributed by atoms with E-state index in [9.17, 15) is 0 Å². The number of allylic oxidation sites excluding steroid dienone is 1. The Morgan fingerprint density at radius 1 is 1.12 bits per heavy atom. The van der Waals surface area contributed by atoms with E-state index < -0.39 is 0 Å². The molecule has 1 unspecified atom stereocenters. The lowest BCUT2D eigenvalue weighted by Crippen LogP contribution is -2.22. The molecule has 1 atom stereocenters. The van der Waals surface area contributed by atoms with Gasteiger partial charge in [-0.1, -0.05) is 24.6 Å². The van der Waals surface area contributed by atoms with Gasteiger partial charge in [0.1, 0.15) is 0 Å². The average molecular weight is 222 g/mol. The van der Waals surface area contributed by atoms with Crippen LogP contribution >= 0.6 is 0 Å². The maximum atomic E-state index is 4.67. The van der Waals surface area contributed by atoms with Gasteiger partial charge < -0.3 is 0 Å². The van der Waals surface area contributed by atoms with Crippen molar-refractivity contribution >= 4 is 23.2 Å². The summed E-state index contributed by atoms with van der Waals surface area (Å²) < 4.78 is 0. The van der Waals surface area contributed by atoms with Gasteiger partial charge >= 0.3 is 0 Å². The van der Waals surface area contributed by atoms with Crippen molar-refractivity contribution in [3.8, 4) is 0 Å². The van der Waals surface area contributed by atoms with E-state index in [1.54, 1.807) is 0 Å². The summed E-state index contributed by atoms with van der Waals surface area (Å²) in [6.07, 6.45) is 7.01. The van der Waals surface area contributed by atoms with E-state index in [-0.39, 0.29) is 0 Å². The third kappa shape index (κ3) is 1.27. The fraction of sp³-hybridized carbons (Fsp3) is 0.333. The average Bonchev–Trinajstić information content (AvgIpc) is 2.77. The van der Waals surface area contributed by atoms with Crippen molar-refractivity contribution in [2.24, 2.45) is 9.98 Å². The standard InChI is InChI=1S/C15H14N2/c1-3-7-12-10(5-1)15-11-6-2-4-8-13(11)17-14(15)9-16-12/h2,4,6,8-9,12H,1,3,5,7H2. The fourth-order valence-electron chi connectivity index (χ4n) is 3.15. The zero-order chi connectivity index (χ0) is 11.2. The Kier molecular flexibility index (Phi) is 1.87. The molecule has 0 bridgehead atoms. The summed E-state index contributed by atoms with van der Waals surface area (Å²) in [6, 6.07) is 8.89. The molecule has 0 radical (unpaired) electrons. The molecule has 0 saturated heterocycles. The van der Waals surface area contributed by atoms with Crippen LogP contribution in [0.25, 0.3) is 5.57 Å². The van der Waals surface area contributed by atoms with Gasteiger partial charge in [0.25, 0.3) is 0 Å². The van der Waals surface area contributed by atoms with Crippen LogP contribution in [-0.4, -0.2) is 18.0 Å². The Bertz CT molecular complexity index is 578. The summed E-state index contributed by atoms with van der Waals surface area (Å²) in [5.74, 6) is 0. The number of benzene rings is 1. The molecule has 84 valence electrons. The molecule has 0 amide bonds. The Balaban J connectivity index is 1.95. The van der Waals surface area contributed by atoms with Gasteiger partial charge in [-0.05, 0) is 30.9 Å². The van der Waals surface area contributed by atoms with E-state index in [2.05, 4.69) is 34.3 Å². The van der Waals surface area contributed by atoms with Gasteiger partial charge in [-0.3, -0.25) is 4.99 Å². The quantitative estimate of drug-likeness (QED) is 0.641. The Morgan fingerprint density at radius 2 is 2.06 bits per heavy atom. The Labute approximate surface area is 101 Å². The van der Waals surface area contributed by atoms with Gasteiger partial charge in [-0.2, -0.15) is 0 Å². The third-order valence-corrected chi connectivity index (χ3v) is 3.94. The van der Waals surface area contributed by atoms with Crippen LogP contribution in [0.4, 0.5) is 5.69 Å². The maximum Gasteiger partial charge on any atom is 0.0895 e. The molecule has 2 heterocycles. The number of fused-ring (bicyclic) bond motifs is 4. The number of para-hydroxylation sites is 1. The molecule has 0 N–H and O–H groups in total. The third-order valence-electron chi connectivity index (χ3n) is 3.94. The predicted molar refractivity (Wildman–Crippen MR) is 71.2 cm³/mol. The number of hydrogen-bond acceptors (Lipinski definition) is 2. The molecule has 0 aromatic heterocycles. The zero-order valence-electron chi connectivity index (χ0n) is 9.69. The molecule has 1 aliphatic carbocycles. The summed E-state index contributed by atoms with van der Waals surface area (Å²) in [5.41, 5.74) is 6.43. The Hall–Kier alpha value is -1.70. The molecule has 0 spiro atoms. The van der Waals surface area contributed by atoms with Crippen molar-refractivity contribution < 1.29 is 0 Å². The second-order valence-electron chi connectivity index (χ2n) is 4.95. The van der Waals surface area contributed by atoms with E-state index in [1.165, 1.54) is 42.4 Å². The first kappa shape index (κ1) is 9.34. The van der Waals surface area contributed by atoms with Crippen LogP contribution in [0.3, 0.4) is 0 Å². The Morgan fingerprint density at radius 3 is 3.06 bits per heavy atom. The highest BCUT2D eigenvalue weighted by Crippen LogP contribution is 2.42. The van der Waals surface area contributed by atoms with E-state index in [4.69, 9.17) is 0 Å². The van der Waals surface area contributed by atoms with Crippen molar-refractivity contribution in [1.29, 1.82) is 0 Å². The molecular weight excluding hydrogens is 208 g/mol. The molecule has 4 rings (SSSR count). The molecule has 3 aliphatic rings. The van der Waals surface area contributed by atoms with Gasteiger partial charge in [0.2, 0.25) is 0 Å².